The van der Waals surface area contributed by atoms with Crippen LogP contribution in [0.2, 0.25) is 0 Å². The highest BCUT2D eigenvalue weighted by Gasteiger charge is 2.11. The molecule has 2 aromatic carbocycles. The number of hydrogen-bond donors (Lipinski definition) is 2. The summed E-state index contributed by atoms with van der Waals surface area (Å²) >= 11 is 0. The molecule has 6 heteroatoms. The number of aryl methyl sites for hydroxylation is 2. The van der Waals surface area contributed by atoms with Crippen molar-refractivity contribution in [3.8, 4) is 0 Å². The summed E-state index contributed by atoms with van der Waals surface area (Å²) in [6.07, 6.45) is 4.53. The number of carbonyl (C=O) groups excluding carboxylic acids is 2. The smallest absolute Gasteiger partial charge is 0.258 e. The predicted molar refractivity (Wildman–Crippen MR) is 110 cm³/mol. The number of hydrogen-bond acceptors (Lipinski definition) is 4. The van der Waals surface area contributed by atoms with E-state index >= 15 is 0 Å². The third kappa shape index (κ3) is 4.59. The van der Waals surface area contributed by atoms with Gasteiger partial charge < -0.3 is 10.6 Å². The SMILES string of the molecule is CCc1ncc(C(=O)Nc2cccc(C(=O)Nc3ccccc3CC)c2)cn1. The van der Waals surface area contributed by atoms with Crippen molar-refractivity contribution in [2.24, 2.45) is 0 Å². The minimum absolute atomic E-state index is 0.229. The molecule has 0 saturated carbocycles. The number of amides is 2. The monoisotopic (exact) mass is 374 g/mol. The Morgan fingerprint density at radius 2 is 1.54 bits per heavy atom. The second kappa shape index (κ2) is 8.90. The Bertz CT molecular complexity index is 984. The van der Waals surface area contributed by atoms with E-state index in [9.17, 15) is 9.59 Å². The number of para-hydroxylation sites is 1. The molecule has 0 aliphatic carbocycles. The molecule has 0 aliphatic rings. The molecule has 3 rings (SSSR count). The zero-order valence-electron chi connectivity index (χ0n) is 15.9. The van der Waals surface area contributed by atoms with Gasteiger partial charge in [0.2, 0.25) is 0 Å². The average Bonchev–Trinajstić information content (AvgIpc) is 2.74. The van der Waals surface area contributed by atoms with Crippen LogP contribution < -0.4 is 10.6 Å². The fourth-order valence-corrected chi connectivity index (χ4v) is 2.74. The van der Waals surface area contributed by atoms with Crippen LogP contribution in [0.15, 0.2) is 60.9 Å². The summed E-state index contributed by atoms with van der Waals surface area (Å²) in [5, 5.41) is 5.71. The summed E-state index contributed by atoms with van der Waals surface area (Å²) in [5.74, 6) is 0.131. The van der Waals surface area contributed by atoms with Crippen LogP contribution >= 0.6 is 0 Å². The number of nitrogens with one attached hydrogen (secondary N) is 2. The van der Waals surface area contributed by atoms with Gasteiger partial charge in [0.05, 0.1) is 5.56 Å². The quantitative estimate of drug-likeness (QED) is 0.680. The highest BCUT2D eigenvalue weighted by Crippen LogP contribution is 2.18. The van der Waals surface area contributed by atoms with Crippen molar-refractivity contribution in [3.05, 3.63) is 83.4 Å². The number of benzene rings is 2. The van der Waals surface area contributed by atoms with Gasteiger partial charge >= 0.3 is 0 Å². The minimum atomic E-state index is -0.323. The average molecular weight is 374 g/mol. The van der Waals surface area contributed by atoms with E-state index in [4.69, 9.17) is 0 Å². The maximum absolute atomic E-state index is 12.6. The summed E-state index contributed by atoms with van der Waals surface area (Å²) in [7, 11) is 0. The number of anilines is 2. The van der Waals surface area contributed by atoms with Crippen molar-refractivity contribution in [2.45, 2.75) is 26.7 Å². The molecule has 6 nitrogen and oxygen atoms in total. The standard InChI is InChI=1S/C22H22N4O2/c1-3-15-8-5-6-11-19(15)26-21(27)16-9-7-10-18(12-16)25-22(28)17-13-23-20(4-2)24-14-17/h5-14H,3-4H2,1-2H3,(H,25,28)(H,26,27). The Morgan fingerprint density at radius 3 is 2.25 bits per heavy atom. The third-order valence-electron chi connectivity index (χ3n) is 4.31. The molecular formula is C22H22N4O2. The molecule has 142 valence electrons. The molecule has 0 unspecified atom stereocenters. The van der Waals surface area contributed by atoms with Crippen molar-refractivity contribution in [1.82, 2.24) is 9.97 Å². The Balaban J connectivity index is 1.72. The second-order valence-corrected chi connectivity index (χ2v) is 6.24. The second-order valence-electron chi connectivity index (χ2n) is 6.24. The van der Waals surface area contributed by atoms with E-state index in [-0.39, 0.29) is 11.8 Å². The van der Waals surface area contributed by atoms with Gasteiger partial charge in [-0.1, -0.05) is 38.1 Å². The number of aromatic nitrogens is 2. The van der Waals surface area contributed by atoms with Gasteiger partial charge in [0.15, 0.2) is 0 Å². The van der Waals surface area contributed by atoms with Crippen LogP contribution in [0.5, 0.6) is 0 Å². The lowest BCUT2D eigenvalue weighted by molar-refractivity contribution is 0.101. The Morgan fingerprint density at radius 1 is 0.821 bits per heavy atom. The molecule has 3 aromatic rings. The molecular weight excluding hydrogens is 352 g/mol. The zero-order chi connectivity index (χ0) is 19.9. The largest absolute Gasteiger partial charge is 0.322 e. The van der Waals surface area contributed by atoms with Gasteiger partial charge in [0.1, 0.15) is 5.82 Å². The molecule has 0 spiro atoms. The van der Waals surface area contributed by atoms with Crippen molar-refractivity contribution in [1.29, 1.82) is 0 Å². The number of carbonyl (C=O) groups is 2. The van der Waals surface area contributed by atoms with Crippen LogP contribution in [0.1, 0.15) is 46.0 Å². The summed E-state index contributed by atoms with van der Waals surface area (Å²) in [6, 6.07) is 14.5. The fraction of sp³-hybridized carbons (Fsp3) is 0.182. The van der Waals surface area contributed by atoms with E-state index in [1.807, 2.05) is 38.1 Å². The molecule has 2 N–H and O–H groups in total. The summed E-state index contributed by atoms with van der Waals surface area (Å²) in [4.78, 5) is 33.3. The molecule has 0 saturated heterocycles. The van der Waals surface area contributed by atoms with Crippen LogP contribution in [0.3, 0.4) is 0 Å². The van der Waals surface area contributed by atoms with Gasteiger partial charge in [-0.3, -0.25) is 9.59 Å². The topological polar surface area (TPSA) is 84.0 Å². The van der Waals surface area contributed by atoms with Gasteiger partial charge in [-0.2, -0.15) is 0 Å². The minimum Gasteiger partial charge on any atom is -0.322 e. The first-order chi connectivity index (χ1) is 13.6. The first-order valence-electron chi connectivity index (χ1n) is 9.22. The molecule has 0 bridgehead atoms. The lowest BCUT2D eigenvalue weighted by atomic mass is 10.1. The highest BCUT2D eigenvalue weighted by molar-refractivity contribution is 6.07. The van der Waals surface area contributed by atoms with Gasteiger partial charge in [0.25, 0.3) is 11.8 Å². The van der Waals surface area contributed by atoms with Crippen molar-refractivity contribution < 1.29 is 9.59 Å². The van der Waals surface area contributed by atoms with Crippen molar-refractivity contribution >= 4 is 23.2 Å². The molecule has 0 atom stereocenters. The van der Waals surface area contributed by atoms with E-state index in [0.29, 0.717) is 29.1 Å². The van der Waals surface area contributed by atoms with Crippen LogP contribution in [0.25, 0.3) is 0 Å². The lowest BCUT2D eigenvalue weighted by Gasteiger charge is -2.11. The van der Waals surface area contributed by atoms with E-state index in [0.717, 1.165) is 17.7 Å². The maximum Gasteiger partial charge on any atom is 0.258 e. The first-order valence-corrected chi connectivity index (χ1v) is 9.22. The van der Waals surface area contributed by atoms with Gasteiger partial charge in [-0.05, 0) is 36.2 Å². The summed E-state index contributed by atoms with van der Waals surface area (Å²) < 4.78 is 0. The normalized spacial score (nSPS) is 10.4. The highest BCUT2D eigenvalue weighted by atomic mass is 16.2. The van der Waals surface area contributed by atoms with E-state index < -0.39 is 0 Å². The fourth-order valence-electron chi connectivity index (χ4n) is 2.74. The predicted octanol–water partition coefficient (Wildman–Crippen LogP) is 4.11. The van der Waals surface area contributed by atoms with Crippen LogP contribution in [0.4, 0.5) is 11.4 Å². The van der Waals surface area contributed by atoms with Crippen molar-refractivity contribution in [2.75, 3.05) is 10.6 Å². The zero-order valence-corrected chi connectivity index (χ0v) is 15.9. The third-order valence-corrected chi connectivity index (χ3v) is 4.31. The van der Waals surface area contributed by atoms with Crippen LogP contribution in [0, 0.1) is 0 Å². The molecule has 0 radical (unpaired) electrons. The molecule has 0 fully saturated rings. The van der Waals surface area contributed by atoms with Gasteiger partial charge in [-0.15, -0.1) is 0 Å². The molecule has 28 heavy (non-hydrogen) atoms. The molecule has 1 aromatic heterocycles. The maximum atomic E-state index is 12.6. The van der Waals surface area contributed by atoms with Crippen LogP contribution in [-0.4, -0.2) is 21.8 Å². The van der Waals surface area contributed by atoms with Crippen molar-refractivity contribution in [3.63, 3.8) is 0 Å². The Labute approximate surface area is 164 Å². The molecule has 1 heterocycles. The van der Waals surface area contributed by atoms with Gasteiger partial charge in [-0.25, -0.2) is 9.97 Å². The number of nitrogens with zero attached hydrogens (tertiary/aromatic N) is 2. The Kier molecular flexibility index (Phi) is 6.11. The number of rotatable bonds is 6. The summed E-state index contributed by atoms with van der Waals surface area (Å²) in [6.45, 7) is 3.99. The molecule has 0 aliphatic heterocycles. The summed E-state index contributed by atoms with van der Waals surface area (Å²) in [5.41, 5.74) is 3.21. The van der Waals surface area contributed by atoms with Crippen LogP contribution in [-0.2, 0) is 12.8 Å². The lowest BCUT2D eigenvalue weighted by Crippen LogP contribution is -2.15. The van der Waals surface area contributed by atoms with E-state index in [2.05, 4.69) is 20.6 Å². The first kappa shape index (κ1) is 19.2. The Hall–Kier alpha value is -3.54. The van der Waals surface area contributed by atoms with Gasteiger partial charge in [0, 0.05) is 35.8 Å². The van der Waals surface area contributed by atoms with E-state index in [1.54, 1.807) is 24.3 Å². The van der Waals surface area contributed by atoms with E-state index in [1.165, 1.54) is 12.4 Å². The molecule has 2 amide bonds.